The topological polar surface area (TPSA) is 68.2 Å². The number of amides is 1. The van der Waals surface area contributed by atoms with Crippen LogP contribution < -0.4 is 10.6 Å². The van der Waals surface area contributed by atoms with Crippen molar-refractivity contribution in [1.29, 1.82) is 0 Å². The standard InChI is InChI=1S/C17H30N4O2/c1-4-23-16(13(2)3)7-10-19-17(22)15-8-11-21(20-15)14-6-5-9-18-12-14/h8,11,13-14,16,18H,4-7,9-10,12H2,1-3H3,(H,19,22). The highest BCUT2D eigenvalue weighted by atomic mass is 16.5. The highest BCUT2D eigenvalue weighted by Gasteiger charge is 2.18. The van der Waals surface area contributed by atoms with Crippen LogP contribution in [0.15, 0.2) is 12.3 Å². The normalized spacial score (nSPS) is 19.7. The fraction of sp³-hybridized carbons (Fsp3) is 0.765. The highest BCUT2D eigenvalue weighted by Crippen LogP contribution is 2.15. The lowest BCUT2D eigenvalue weighted by molar-refractivity contribution is 0.0251. The van der Waals surface area contributed by atoms with Crippen molar-refractivity contribution in [1.82, 2.24) is 20.4 Å². The molecule has 0 spiro atoms. The number of hydrogen-bond acceptors (Lipinski definition) is 4. The Balaban J connectivity index is 1.80. The second-order valence-electron chi connectivity index (χ2n) is 6.46. The van der Waals surface area contributed by atoms with E-state index in [4.69, 9.17) is 4.74 Å². The molecule has 2 N–H and O–H groups in total. The molecule has 0 aromatic carbocycles. The monoisotopic (exact) mass is 322 g/mol. The van der Waals surface area contributed by atoms with Gasteiger partial charge in [0.2, 0.25) is 0 Å². The van der Waals surface area contributed by atoms with Gasteiger partial charge in [-0.05, 0) is 44.7 Å². The van der Waals surface area contributed by atoms with Gasteiger partial charge in [-0.3, -0.25) is 9.48 Å². The number of carbonyl (C=O) groups excluding carboxylic acids is 1. The van der Waals surface area contributed by atoms with Crippen molar-refractivity contribution in [2.45, 2.75) is 52.2 Å². The minimum atomic E-state index is -0.105. The molecule has 6 heteroatoms. The molecule has 0 aliphatic carbocycles. The van der Waals surface area contributed by atoms with Gasteiger partial charge in [-0.2, -0.15) is 5.10 Å². The Morgan fingerprint density at radius 3 is 3.04 bits per heavy atom. The van der Waals surface area contributed by atoms with E-state index in [9.17, 15) is 4.79 Å². The summed E-state index contributed by atoms with van der Waals surface area (Å²) in [5, 5.41) is 10.8. The number of rotatable bonds is 8. The van der Waals surface area contributed by atoms with E-state index in [0.717, 1.165) is 32.4 Å². The first-order valence-electron chi connectivity index (χ1n) is 8.77. The number of ether oxygens (including phenoxy) is 1. The van der Waals surface area contributed by atoms with Crippen molar-refractivity contribution < 1.29 is 9.53 Å². The Bertz CT molecular complexity index is 481. The molecule has 1 amide bonds. The number of aromatic nitrogens is 2. The van der Waals surface area contributed by atoms with Gasteiger partial charge in [0.15, 0.2) is 0 Å². The zero-order chi connectivity index (χ0) is 16.7. The van der Waals surface area contributed by atoms with E-state index in [1.165, 1.54) is 0 Å². The molecule has 0 radical (unpaired) electrons. The molecule has 2 heterocycles. The Morgan fingerprint density at radius 2 is 2.39 bits per heavy atom. The molecule has 1 aliphatic rings. The molecular formula is C17H30N4O2. The van der Waals surface area contributed by atoms with Gasteiger partial charge in [-0.1, -0.05) is 13.8 Å². The van der Waals surface area contributed by atoms with Gasteiger partial charge < -0.3 is 15.4 Å². The minimum absolute atomic E-state index is 0.105. The van der Waals surface area contributed by atoms with Crippen molar-refractivity contribution in [3.8, 4) is 0 Å². The summed E-state index contributed by atoms with van der Waals surface area (Å²) in [5.74, 6) is 0.344. The van der Waals surface area contributed by atoms with Gasteiger partial charge in [0.1, 0.15) is 5.69 Å². The molecule has 6 nitrogen and oxygen atoms in total. The molecule has 2 unspecified atom stereocenters. The van der Waals surface area contributed by atoms with Crippen molar-refractivity contribution >= 4 is 5.91 Å². The smallest absolute Gasteiger partial charge is 0.271 e. The fourth-order valence-corrected chi connectivity index (χ4v) is 2.96. The molecule has 1 fully saturated rings. The first-order valence-corrected chi connectivity index (χ1v) is 8.77. The maximum Gasteiger partial charge on any atom is 0.271 e. The largest absolute Gasteiger partial charge is 0.378 e. The number of hydrogen-bond donors (Lipinski definition) is 2. The first kappa shape index (κ1) is 17.9. The third-order valence-corrected chi connectivity index (χ3v) is 4.32. The fourth-order valence-electron chi connectivity index (χ4n) is 2.96. The van der Waals surface area contributed by atoms with Crippen LogP contribution in [-0.4, -0.2) is 48.0 Å². The maximum absolute atomic E-state index is 12.2. The van der Waals surface area contributed by atoms with E-state index < -0.39 is 0 Å². The third kappa shape index (κ3) is 5.32. The Labute approximate surface area is 139 Å². The predicted molar refractivity (Wildman–Crippen MR) is 90.6 cm³/mol. The first-order chi connectivity index (χ1) is 11.1. The van der Waals surface area contributed by atoms with E-state index >= 15 is 0 Å². The molecule has 23 heavy (non-hydrogen) atoms. The lowest BCUT2D eigenvalue weighted by Crippen LogP contribution is -2.32. The molecule has 1 aromatic rings. The van der Waals surface area contributed by atoms with Crippen LogP contribution in [0.2, 0.25) is 0 Å². The van der Waals surface area contributed by atoms with Crippen molar-refractivity contribution in [3.05, 3.63) is 18.0 Å². The van der Waals surface area contributed by atoms with E-state index in [2.05, 4.69) is 29.6 Å². The van der Waals surface area contributed by atoms with Gasteiger partial charge in [-0.15, -0.1) is 0 Å². The van der Waals surface area contributed by atoms with Crippen LogP contribution in [0.25, 0.3) is 0 Å². The van der Waals surface area contributed by atoms with Crippen LogP contribution in [0.3, 0.4) is 0 Å². The van der Waals surface area contributed by atoms with Gasteiger partial charge in [0.25, 0.3) is 5.91 Å². The zero-order valence-electron chi connectivity index (χ0n) is 14.5. The van der Waals surface area contributed by atoms with E-state index in [0.29, 0.717) is 30.8 Å². The van der Waals surface area contributed by atoms with Crippen molar-refractivity contribution in [3.63, 3.8) is 0 Å². The summed E-state index contributed by atoms with van der Waals surface area (Å²) in [4.78, 5) is 12.2. The van der Waals surface area contributed by atoms with Crippen LogP contribution in [0.1, 0.15) is 56.6 Å². The van der Waals surface area contributed by atoms with E-state index in [1.54, 1.807) is 6.07 Å². The number of piperidine rings is 1. The van der Waals surface area contributed by atoms with E-state index in [-0.39, 0.29) is 12.0 Å². The summed E-state index contributed by atoms with van der Waals surface area (Å²) in [6.07, 6.45) is 5.18. The SMILES string of the molecule is CCOC(CCNC(=O)c1ccn(C2CCCNC2)n1)C(C)C. The average Bonchev–Trinajstić information content (AvgIpc) is 3.04. The predicted octanol–water partition coefficient (Wildman–Crippen LogP) is 1.99. The lowest BCUT2D eigenvalue weighted by atomic mass is 10.0. The number of nitrogens with one attached hydrogen (secondary N) is 2. The highest BCUT2D eigenvalue weighted by molar-refractivity contribution is 5.92. The van der Waals surface area contributed by atoms with Crippen molar-refractivity contribution in [2.24, 2.45) is 5.92 Å². The summed E-state index contributed by atoms with van der Waals surface area (Å²) < 4.78 is 7.61. The number of nitrogens with zero attached hydrogens (tertiary/aromatic N) is 2. The molecule has 0 saturated carbocycles. The summed E-state index contributed by atoms with van der Waals surface area (Å²) in [7, 11) is 0. The van der Waals surface area contributed by atoms with Gasteiger partial charge in [-0.25, -0.2) is 0 Å². The maximum atomic E-state index is 12.2. The lowest BCUT2D eigenvalue weighted by Gasteiger charge is -2.22. The molecule has 0 bridgehead atoms. The van der Waals surface area contributed by atoms with Crippen LogP contribution in [0.4, 0.5) is 0 Å². The second-order valence-corrected chi connectivity index (χ2v) is 6.46. The van der Waals surface area contributed by atoms with Crippen LogP contribution in [-0.2, 0) is 4.74 Å². The summed E-state index contributed by atoms with van der Waals surface area (Å²) in [5.41, 5.74) is 0.494. The summed E-state index contributed by atoms with van der Waals surface area (Å²) in [6.45, 7) is 9.59. The Kier molecular flexibility index (Phi) is 7.05. The molecular weight excluding hydrogens is 292 g/mol. The molecule has 130 valence electrons. The summed E-state index contributed by atoms with van der Waals surface area (Å²) >= 11 is 0. The average molecular weight is 322 g/mol. The molecule has 1 aliphatic heterocycles. The van der Waals surface area contributed by atoms with Gasteiger partial charge in [0.05, 0.1) is 12.1 Å². The third-order valence-electron chi connectivity index (χ3n) is 4.32. The number of carbonyl (C=O) groups is 1. The second kappa shape index (κ2) is 9.03. The Hall–Kier alpha value is -1.40. The van der Waals surface area contributed by atoms with Crippen LogP contribution in [0.5, 0.6) is 0 Å². The van der Waals surface area contributed by atoms with Crippen molar-refractivity contribution in [2.75, 3.05) is 26.2 Å². The molecule has 1 saturated heterocycles. The molecule has 1 aromatic heterocycles. The molecule has 2 atom stereocenters. The van der Waals surface area contributed by atoms with Crippen LogP contribution in [0, 0.1) is 5.92 Å². The molecule has 2 rings (SSSR count). The van der Waals surface area contributed by atoms with Crippen LogP contribution >= 0.6 is 0 Å². The van der Waals surface area contributed by atoms with Gasteiger partial charge in [0, 0.05) is 25.9 Å². The van der Waals surface area contributed by atoms with Gasteiger partial charge >= 0.3 is 0 Å². The zero-order valence-corrected chi connectivity index (χ0v) is 14.5. The minimum Gasteiger partial charge on any atom is -0.378 e. The quantitative estimate of drug-likeness (QED) is 0.768. The Morgan fingerprint density at radius 1 is 1.57 bits per heavy atom. The summed E-state index contributed by atoms with van der Waals surface area (Å²) in [6, 6.07) is 2.15. The van der Waals surface area contributed by atoms with E-state index in [1.807, 2.05) is 17.8 Å².